The molecule has 0 radical (unpaired) electrons. The second kappa shape index (κ2) is 9.07. The molecule has 5 aromatic rings. The molecule has 178 valence electrons. The first-order valence-electron chi connectivity index (χ1n) is 12.1. The van der Waals surface area contributed by atoms with E-state index < -0.39 is 0 Å². The van der Waals surface area contributed by atoms with Crippen LogP contribution in [0.3, 0.4) is 0 Å². The first-order chi connectivity index (χ1) is 17.2. The Kier molecular flexibility index (Phi) is 5.61. The van der Waals surface area contributed by atoms with E-state index in [2.05, 4.69) is 40.3 Å². The van der Waals surface area contributed by atoms with E-state index in [1.165, 1.54) is 19.3 Å². The van der Waals surface area contributed by atoms with Crippen LogP contribution >= 0.6 is 0 Å². The quantitative estimate of drug-likeness (QED) is 0.330. The molecule has 0 amide bonds. The van der Waals surface area contributed by atoms with Crippen molar-refractivity contribution in [3.05, 3.63) is 54.2 Å². The van der Waals surface area contributed by atoms with Gasteiger partial charge in [0.1, 0.15) is 17.0 Å². The van der Waals surface area contributed by atoms with Crippen molar-refractivity contribution in [3.8, 4) is 22.6 Å². The van der Waals surface area contributed by atoms with Crippen LogP contribution in [0.4, 0.5) is 10.1 Å². The van der Waals surface area contributed by atoms with Gasteiger partial charge in [-0.25, -0.2) is 14.4 Å². The van der Waals surface area contributed by atoms with Crippen molar-refractivity contribution in [1.29, 1.82) is 0 Å². The maximum atomic E-state index is 16.0. The molecule has 4 aromatic heterocycles. The minimum Gasteiger partial charge on any atom is -0.370 e. The number of fused-ring (bicyclic) bond motifs is 2. The molecule has 1 aliphatic rings. The third kappa shape index (κ3) is 3.91. The third-order valence-electron chi connectivity index (χ3n) is 6.64. The number of nitrogens with zero attached hydrogens (tertiary/aromatic N) is 5. The third-order valence-corrected chi connectivity index (χ3v) is 6.64. The maximum absolute atomic E-state index is 16.0. The van der Waals surface area contributed by atoms with E-state index in [0.717, 1.165) is 42.0 Å². The van der Waals surface area contributed by atoms with Gasteiger partial charge in [0.2, 0.25) is 0 Å². The molecular weight excluding hydrogens is 443 g/mol. The first kappa shape index (κ1) is 21.7. The zero-order chi connectivity index (χ0) is 23.8. The van der Waals surface area contributed by atoms with Crippen LogP contribution in [0.1, 0.15) is 31.7 Å². The highest BCUT2D eigenvalue weighted by atomic mass is 19.1. The lowest BCUT2D eigenvalue weighted by Gasteiger charge is -2.28. The second-order valence-corrected chi connectivity index (χ2v) is 8.95. The van der Waals surface area contributed by atoms with Gasteiger partial charge in [0, 0.05) is 49.4 Å². The van der Waals surface area contributed by atoms with Gasteiger partial charge in [-0.15, -0.1) is 0 Å². The molecule has 35 heavy (non-hydrogen) atoms. The van der Waals surface area contributed by atoms with Crippen LogP contribution < -0.4 is 10.2 Å². The summed E-state index contributed by atoms with van der Waals surface area (Å²) in [6.45, 7) is 5.61. The van der Waals surface area contributed by atoms with Crippen molar-refractivity contribution in [3.63, 3.8) is 0 Å². The van der Waals surface area contributed by atoms with E-state index in [-0.39, 0.29) is 5.82 Å². The Morgan fingerprint density at radius 1 is 1.11 bits per heavy atom. The van der Waals surface area contributed by atoms with Crippen molar-refractivity contribution < 1.29 is 4.39 Å². The number of hydrogen-bond donors (Lipinski definition) is 3. The molecular formula is C26H27FN8. The van der Waals surface area contributed by atoms with Gasteiger partial charge < -0.3 is 15.2 Å². The summed E-state index contributed by atoms with van der Waals surface area (Å²) in [4.78, 5) is 19.2. The molecule has 9 heteroatoms. The summed E-state index contributed by atoms with van der Waals surface area (Å²) in [5, 5.41) is 11.1. The van der Waals surface area contributed by atoms with Gasteiger partial charge >= 0.3 is 0 Å². The molecule has 1 aliphatic heterocycles. The summed E-state index contributed by atoms with van der Waals surface area (Å²) < 4.78 is 16.0. The molecule has 1 fully saturated rings. The fraction of sp³-hybridized carbons (Fsp3) is 0.308. The zero-order valence-electron chi connectivity index (χ0n) is 19.6. The largest absolute Gasteiger partial charge is 0.370 e. The highest BCUT2D eigenvalue weighted by molar-refractivity contribution is 5.97. The van der Waals surface area contributed by atoms with Crippen molar-refractivity contribution >= 4 is 27.8 Å². The molecule has 5 heterocycles. The topological polar surface area (TPSA) is 98.4 Å². The number of aromatic nitrogens is 6. The lowest BCUT2D eigenvalue weighted by Crippen LogP contribution is -2.29. The minimum absolute atomic E-state index is 0.349. The summed E-state index contributed by atoms with van der Waals surface area (Å²) in [5.41, 5.74) is 5.82. The van der Waals surface area contributed by atoms with Crippen molar-refractivity contribution in [1.82, 2.24) is 35.5 Å². The molecule has 8 nitrogen and oxygen atoms in total. The van der Waals surface area contributed by atoms with Crippen LogP contribution in [0, 0.1) is 5.82 Å². The number of aromatic amines is 2. The van der Waals surface area contributed by atoms with Gasteiger partial charge in [-0.2, -0.15) is 5.10 Å². The van der Waals surface area contributed by atoms with Crippen LogP contribution in [-0.4, -0.2) is 49.8 Å². The summed E-state index contributed by atoms with van der Waals surface area (Å²) in [5.74, 6) is 0.150. The van der Waals surface area contributed by atoms with Gasteiger partial charge in [-0.3, -0.25) is 10.1 Å². The Labute approximate surface area is 202 Å². The predicted molar refractivity (Wildman–Crippen MR) is 136 cm³/mol. The Bertz CT molecular complexity index is 1500. The van der Waals surface area contributed by atoms with E-state index in [0.29, 0.717) is 40.2 Å². The standard InChI is InChI=1S/C26H27FN8/c1-2-28-13-16-12-17(15-29-14-16)18-6-7-19-21(22(18)27)24(34-33-19)26-31-23-20(8-9-30-25(23)32-26)35-10-4-3-5-11-35/h6-9,12,14-15,28H,2-5,10-11,13H2,1H3,(H,33,34)(H,30,31,32). The SMILES string of the molecule is CCNCc1cncc(-c2ccc3[nH]nc(-c4nc5nccc(N6CCCCC6)c5[nH]4)c3c2F)c1. The molecule has 0 spiro atoms. The van der Waals surface area contributed by atoms with Gasteiger partial charge in [-0.1, -0.05) is 6.92 Å². The first-order valence-corrected chi connectivity index (χ1v) is 12.1. The lowest BCUT2D eigenvalue weighted by molar-refractivity contribution is 0.578. The Balaban J connectivity index is 1.44. The van der Waals surface area contributed by atoms with Crippen molar-refractivity contribution in [2.24, 2.45) is 0 Å². The molecule has 0 aliphatic carbocycles. The Morgan fingerprint density at radius 3 is 2.86 bits per heavy atom. The highest BCUT2D eigenvalue weighted by Crippen LogP contribution is 2.35. The molecule has 0 saturated carbocycles. The summed E-state index contributed by atoms with van der Waals surface area (Å²) in [7, 11) is 0. The van der Waals surface area contributed by atoms with Gasteiger partial charge in [0.05, 0.1) is 16.6 Å². The van der Waals surface area contributed by atoms with Gasteiger partial charge in [0.15, 0.2) is 11.5 Å². The summed E-state index contributed by atoms with van der Waals surface area (Å²) >= 11 is 0. The number of pyridine rings is 2. The second-order valence-electron chi connectivity index (χ2n) is 8.95. The lowest BCUT2D eigenvalue weighted by atomic mass is 10.0. The van der Waals surface area contributed by atoms with Crippen LogP contribution in [-0.2, 0) is 6.54 Å². The number of piperidine rings is 1. The molecule has 0 unspecified atom stereocenters. The summed E-state index contributed by atoms with van der Waals surface area (Å²) in [6, 6.07) is 7.60. The van der Waals surface area contributed by atoms with Crippen LogP contribution in [0.15, 0.2) is 42.9 Å². The number of H-pyrrole nitrogens is 2. The number of imidazole rings is 1. The monoisotopic (exact) mass is 470 g/mol. The summed E-state index contributed by atoms with van der Waals surface area (Å²) in [6.07, 6.45) is 8.88. The van der Waals surface area contributed by atoms with Crippen LogP contribution in [0.5, 0.6) is 0 Å². The normalized spacial score (nSPS) is 14.3. The highest BCUT2D eigenvalue weighted by Gasteiger charge is 2.22. The van der Waals surface area contributed by atoms with Crippen LogP contribution in [0.25, 0.3) is 44.7 Å². The fourth-order valence-electron chi connectivity index (χ4n) is 4.88. The Hall–Kier alpha value is -3.85. The number of halogens is 1. The number of hydrogen-bond acceptors (Lipinski definition) is 6. The average Bonchev–Trinajstić information content (AvgIpc) is 3.53. The number of rotatable bonds is 6. The zero-order valence-corrected chi connectivity index (χ0v) is 19.6. The number of nitrogens with one attached hydrogen (secondary N) is 3. The molecule has 6 rings (SSSR count). The Morgan fingerprint density at radius 2 is 2.00 bits per heavy atom. The number of benzene rings is 1. The molecule has 0 bridgehead atoms. The van der Waals surface area contributed by atoms with Gasteiger partial charge in [0.25, 0.3) is 0 Å². The molecule has 1 saturated heterocycles. The van der Waals surface area contributed by atoms with E-state index in [1.54, 1.807) is 24.7 Å². The van der Waals surface area contributed by atoms with E-state index in [4.69, 9.17) is 0 Å². The smallest absolute Gasteiger partial charge is 0.180 e. The predicted octanol–water partition coefficient (Wildman–Crippen LogP) is 4.80. The van der Waals surface area contributed by atoms with E-state index in [9.17, 15) is 0 Å². The number of anilines is 1. The van der Waals surface area contributed by atoms with Gasteiger partial charge in [-0.05, 0) is 55.6 Å². The molecule has 1 aromatic carbocycles. The van der Waals surface area contributed by atoms with E-state index in [1.807, 2.05) is 25.1 Å². The average molecular weight is 471 g/mol. The fourth-order valence-corrected chi connectivity index (χ4v) is 4.88. The van der Waals surface area contributed by atoms with Crippen molar-refractivity contribution in [2.75, 3.05) is 24.5 Å². The van der Waals surface area contributed by atoms with Crippen molar-refractivity contribution in [2.45, 2.75) is 32.7 Å². The van der Waals surface area contributed by atoms with Crippen LogP contribution in [0.2, 0.25) is 0 Å². The molecule has 0 atom stereocenters. The molecule has 3 N–H and O–H groups in total. The minimum atomic E-state index is -0.349. The van der Waals surface area contributed by atoms with E-state index >= 15 is 4.39 Å². The maximum Gasteiger partial charge on any atom is 0.180 e.